The second-order valence-corrected chi connectivity index (χ2v) is 5.65. The highest BCUT2D eigenvalue weighted by molar-refractivity contribution is 6.35. The molecule has 0 heterocycles. The highest BCUT2D eigenvalue weighted by atomic mass is 35.5. The van der Waals surface area contributed by atoms with Gasteiger partial charge >= 0.3 is 6.18 Å². The van der Waals surface area contributed by atoms with Gasteiger partial charge in [0.05, 0.1) is 5.02 Å². The maximum atomic E-state index is 12.2. The third kappa shape index (κ3) is 6.20. The SMILES string of the molecule is CC(C)CNCc1cc(Cl)cc(Cl)c1OCC(F)(F)F. The van der Waals surface area contributed by atoms with Gasteiger partial charge in [-0.1, -0.05) is 37.0 Å². The van der Waals surface area contributed by atoms with Crippen LogP contribution in [0.2, 0.25) is 10.0 Å². The number of alkyl halides is 3. The summed E-state index contributed by atoms with van der Waals surface area (Å²) in [6.45, 7) is 3.73. The highest BCUT2D eigenvalue weighted by Gasteiger charge is 2.29. The Hall–Kier alpha value is -0.650. The monoisotopic (exact) mass is 329 g/mol. The summed E-state index contributed by atoms with van der Waals surface area (Å²) < 4.78 is 41.5. The van der Waals surface area contributed by atoms with Gasteiger partial charge in [0.25, 0.3) is 0 Å². The van der Waals surface area contributed by atoms with Crippen molar-refractivity contribution in [1.29, 1.82) is 0 Å². The Balaban J connectivity index is 2.84. The fraction of sp³-hybridized carbons (Fsp3) is 0.538. The summed E-state index contributed by atoms with van der Waals surface area (Å²) in [5.41, 5.74) is 0.507. The van der Waals surface area contributed by atoms with Crippen LogP contribution >= 0.6 is 23.2 Å². The van der Waals surface area contributed by atoms with Crippen molar-refractivity contribution in [2.75, 3.05) is 13.2 Å². The molecule has 1 aromatic carbocycles. The number of nitrogens with one attached hydrogen (secondary N) is 1. The van der Waals surface area contributed by atoms with Crippen molar-refractivity contribution in [2.24, 2.45) is 5.92 Å². The molecule has 114 valence electrons. The molecule has 7 heteroatoms. The van der Waals surface area contributed by atoms with E-state index < -0.39 is 12.8 Å². The molecule has 0 fully saturated rings. The van der Waals surface area contributed by atoms with E-state index in [0.29, 0.717) is 23.0 Å². The van der Waals surface area contributed by atoms with Crippen molar-refractivity contribution in [1.82, 2.24) is 5.32 Å². The minimum absolute atomic E-state index is 0.0182. The van der Waals surface area contributed by atoms with Crippen LogP contribution in [0.25, 0.3) is 0 Å². The van der Waals surface area contributed by atoms with Crippen molar-refractivity contribution >= 4 is 23.2 Å². The second-order valence-electron chi connectivity index (χ2n) is 4.80. The van der Waals surface area contributed by atoms with E-state index >= 15 is 0 Å². The van der Waals surface area contributed by atoms with Gasteiger partial charge in [-0.05, 0) is 24.6 Å². The lowest BCUT2D eigenvalue weighted by atomic mass is 10.1. The summed E-state index contributed by atoms with van der Waals surface area (Å²) in [7, 11) is 0. The molecule has 0 aliphatic carbocycles. The second kappa shape index (κ2) is 7.38. The summed E-state index contributed by atoms with van der Waals surface area (Å²) in [5.74, 6) is 0.439. The van der Waals surface area contributed by atoms with E-state index in [4.69, 9.17) is 27.9 Å². The standard InChI is InChI=1S/C13H16Cl2F3NO/c1-8(2)5-19-6-9-3-10(14)4-11(15)12(9)20-7-13(16,17)18/h3-4,8,19H,5-7H2,1-2H3. The van der Waals surface area contributed by atoms with E-state index in [1.807, 2.05) is 13.8 Å². The molecule has 1 N–H and O–H groups in total. The lowest BCUT2D eigenvalue weighted by Crippen LogP contribution is -2.22. The smallest absolute Gasteiger partial charge is 0.422 e. The normalized spacial score (nSPS) is 12.0. The molecule has 0 saturated heterocycles. The highest BCUT2D eigenvalue weighted by Crippen LogP contribution is 2.33. The molecule has 0 aliphatic heterocycles. The van der Waals surface area contributed by atoms with Gasteiger partial charge in [0.1, 0.15) is 5.75 Å². The number of ether oxygens (including phenoxy) is 1. The molecule has 0 radical (unpaired) electrons. The van der Waals surface area contributed by atoms with Crippen molar-refractivity contribution in [3.63, 3.8) is 0 Å². The number of rotatable bonds is 6. The zero-order chi connectivity index (χ0) is 15.3. The van der Waals surface area contributed by atoms with Crippen LogP contribution in [0.15, 0.2) is 12.1 Å². The zero-order valence-corrected chi connectivity index (χ0v) is 12.7. The van der Waals surface area contributed by atoms with Crippen LogP contribution in [0, 0.1) is 5.92 Å². The fourth-order valence-electron chi connectivity index (χ4n) is 1.56. The van der Waals surface area contributed by atoms with E-state index in [0.717, 1.165) is 6.54 Å². The van der Waals surface area contributed by atoms with Gasteiger partial charge in [0.15, 0.2) is 6.61 Å². The number of benzene rings is 1. The zero-order valence-electron chi connectivity index (χ0n) is 11.2. The number of hydrogen-bond acceptors (Lipinski definition) is 2. The number of halogens is 5. The predicted octanol–water partition coefficient (Wildman–Crippen LogP) is 4.68. The first-order valence-electron chi connectivity index (χ1n) is 6.07. The van der Waals surface area contributed by atoms with Gasteiger partial charge in [-0.3, -0.25) is 0 Å². The van der Waals surface area contributed by atoms with Gasteiger partial charge in [0.2, 0.25) is 0 Å². The van der Waals surface area contributed by atoms with Crippen LogP contribution in [-0.4, -0.2) is 19.3 Å². The molecule has 2 nitrogen and oxygen atoms in total. The molecule has 20 heavy (non-hydrogen) atoms. The molecule has 0 aliphatic rings. The van der Waals surface area contributed by atoms with Crippen LogP contribution in [0.3, 0.4) is 0 Å². The molecular weight excluding hydrogens is 314 g/mol. The molecule has 0 aromatic heterocycles. The predicted molar refractivity (Wildman–Crippen MR) is 74.6 cm³/mol. The van der Waals surface area contributed by atoms with Crippen LogP contribution in [0.1, 0.15) is 19.4 Å². The molecule has 0 saturated carbocycles. The molecule has 0 spiro atoms. The summed E-state index contributed by atoms with van der Waals surface area (Å²) in [6, 6.07) is 2.91. The van der Waals surface area contributed by atoms with E-state index in [1.54, 1.807) is 6.07 Å². The van der Waals surface area contributed by atoms with Gasteiger partial charge in [-0.15, -0.1) is 0 Å². The van der Waals surface area contributed by atoms with Crippen LogP contribution in [0.4, 0.5) is 13.2 Å². The topological polar surface area (TPSA) is 21.3 Å². The van der Waals surface area contributed by atoms with Crippen molar-refractivity contribution < 1.29 is 17.9 Å². The Morgan fingerprint density at radius 2 is 1.90 bits per heavy atom. The lowest BCUT2D eigenvalue weighted by Gasteiger charge is -2.16. The van der Waals surface area contributed by atoms with Crippen molar-refractivity contribution in [3.05, 3.63) is 27.7 Å². The fourth-order valence-corrected chi connectivity index (χ4v) is 2.15. The van der Waals surface area contributed by atoms with Gasteiger partial charge in [0, 0.05) is 17.1 Å². The molecule has 1 rings (SSSR count). The Kier molecular flexibility index (Phi) is 6.43. The summed E-state index contributed by atoms with van der Waals surface area (Å²) in [4.78, 5) is 0. The average Bonchev–Trinajstić information content (AvgIpc) is 2.25. The van der Waals surface area contributed by atoms with E-state index in [9.17, 15) is 13.2 Å². The van der Waals surface area contributed by atoms with E-state index in [1.165, 1.54) is 6.07 Å². The largest absolute Gasteiger partial charge is 0.482 e. The van der Waals surface area contributed by atoms with Gasteiger partial charge < -0.3 is 10.1 Å². The van der Waals surface area contributed by atoms with Gasteiger partial charge in [-0.2, -0.15) is 13.2 Å². The van der Waals surface area contributed by atoms with Crippen LogP contribution < -0.4 is 10.1 Å². The Morgan fingerprint density at radius 1 is 1.25 bits per heavy atom. The van der Waals surface area contributed by atoms with Crippen molar-refractivity contribution in [3.8, 4) is 5.75 Å². The number of hydrogen-bond donors (Lipinski definition) is 1. The Morgan fingerprint density at radius 3 is 2.45 bits per heavy atom. The molecule has 0 amide bonds. The van der Waals surface area contributed by atoms with E-state index in [-0.39, 0.29) is 10.8 Å². The minimum Gasteiger partial charge on any atom is -0.482 e. The lowest BCUT2D eigenvalue weighted by molar-refractivity contribution is -0.153. The molecular formula is C13H16Cl2F3NO. The molecule has 0 bridgehead atoms. The summed E-state index contributed by atoms with van der Waals surface area (Å²) in [6.07, 6.45) is -4.41. The van der Waals surface area contributed by atoms with Crippen LogP contribution in [0.5, 0.6) is 5.75 Å². The molecule has 0 unspecified atom stereocenters. The van der Waals surface area contributed by atoms with Crippen molar-refractivity contribution in [2.45, 2.75) is 26.6 Å². The maximum Gasteiger partial charge on any atom is 0.422 e. The summed E-state index contributed by atoms with van der Waals surface area (Å²) in [5, 5.41) is 3.54. The first-order chi connectivity index (χ1) is 9.19. The first kappa shape index (κ1) is 17.4. The van der Waals surface area contributed by atoms with Crippen LogP contribution in [-0.2, 0) is 6.54 Å². The minimum atomic E-state index is -4.41. The first-order valence-corrected chi connectivity index (χ1v) is 6.83. The molecule has 1 aromatic rings. The third-order valence-corrected chi connectivity index (χ3v) is 2.83. The maximum absolute atomic E-state index is 12.2. The Bertz CT molecular complexity index is 450. The molecule has 0 atom stereocenters. The van der Waals surface area contributed by atoms with E-state index in [2.05, 4.69) is 5.32 Å². The Labute approximate surface area is 126 Å². The average molecular weight is 330 g/mol. The van der Waals surface area contributed by atoms with Gasteiger partial charge in [-0.25, -0.2) is 0 Å². The third-order valence-electron chi connectivity index (χ3n) is 2.33. The summed E-state index contributed by atoms with van der Waals surface area (Å²) >= 11 is 11.8. The quantitative estimate of drug-likeness (QED) is 0.818.